The van der Waals surface area contributed by atoms with Crippen molar-refractivity contribution in [3.63, 3.8) is 0 Å². The van der Waals surface area contributed by atoms with Gasteiger partial charge in [-0.2, -0.15) is 0 Å². The zero-order valence-corrected chi connectivity index (χ0v) is 14.8. The van der Waals surface area contributed by atoms with Gasteiger partial charge in [0.25, 0.3) is 5.91 Å². The number of carbonyl (C=O) groups is 1. The number of hydrogen-bond donors (Lipinski definition) is 0. The molecule has 2 heterocycles. The van der Waals surface area contributed by atoms with Gasteiger partial charge in [-0.15, -0.1) is 0 Å². The highest BCUT2D eigenvalue weighted by atomic mass is 16.5. The lowest BCUT2D eigenvalue weighted by atomic mass is 9.92. The van der Waals surface area contributed by atoms with Crippen molar-refractivity contribution in [2.45, 2.75) is 44.6 Å². The van der Waals surface area contributed by atoms with Crippen LogP contribution in [0.4, 0.5) is 0 Å². The van der Waals surface area contributed by atoms with Crippen LogP contribution in [0.25, 0.3) is 6.08 Å². The van der Waals surface area contributed by atoms with Gasteiger partial charge in [-0.3, -0.25) is 4.79 Å². The Kier molecular flexibility index (Phi) is 5.07. The van der Waals surface area contributed by atoms with Crippen LogP contribution in [0.5, 0.6) is 5.75 Å². The Hall–Kier alpha value is -1.81. The van der Waals surface area contributed by atoms with E-state index in [9.17, 15) is 4.79 Å². The molecular formula is C21H27NO3. The Morgan fingerprint density at radius 1 is 1.12 bits per heavy atom. The molecule has 134 valence electrons. The van der Waals surface area contributed by atoms with Crippen molar-refractivity contribution in [1.29, 1.82) is 0 Å². The van der Waals surface area contributed by atoms with Crippen LogP contribution >= 0.6 is 0 Å². The second-order valence-electron chi connectivity index (χ2n) is 7.48. The smallest absolute Gasteiger partial charge is 0.253 e. The Balaban J connectivity index is 1.55. The molecule has 1 aromatic rings. The number of carbonyl (C=O) groups excluding carboxylic acids is 1. The van der Waals surface area contributed by atoms with Gasteiger partial charge >= 0.3 is 0 Å². The summed E-state index contributed by atoms with van der Waals surface area (Å²) in [6, 6.07) is 8.30. The number of fused-ring (bicyclic) bond motifs is 1. The highest BCUT2D eigenvalue weighted by molar-refractivity contribution is 5.99. The summed E-state index contributed by atoms with van der Waals surface area (Å²) in [7, 11) is 0. The standard InChI is InChI=1S/C21H27NO3/c23-21(18-12-17-6-4-5-9-20(17)25-15-18)22(13-16-10-11-24-14-16)19-7-2-1-3-8-19/h4-6,9,12,16,19H,1-3,7-8,10-11,13-15H2/t16-/m1/s1. The number of para-hydroxylation sites is 1. The third-order valence-electron chi connectivity index (χ3n) is 5.66. The minimum atomic E-state index is 0.160. The van der Waals surface area contributed by atoms with Crippen LogP contribution < -0.4 is 4.74 Å². The fraction of sp³-hybridized carbons (Fsp3) is 0.571. The van der Waals surface area contributed by atoms with Crippen LogP contribution in [-0.2, 0) is 9.53 Å². The molecule has 1 aromatic carbocycles. The number of benzene rings is 1. The van der Waals surface area contributed by atoms with Gasteiger partial charge in [0, 0.05) is 30.7 Å². The fourth-order valence-electron chi connectivity index (χ4n) is 4.22. The lowest BCUT2D eigenvalue weighted by Gasteiger charge is -2.37. The summed E-state index contributed by atoms with van der Waals surface area (Å²) < 4.78 is 11.4. The molecular weight excluding hydrogens is 314 g/mol. The highest BCUT2D eigenvalue weighted by Crippen LogP contribution is 2.30. The van der Waals surface area contributed by atoms with Crippen LogP contribution in [0.15, 0.2) is 29.8 Å². The predicted octanol–water partition coefficient (Wildman–Crippen LogP) is 3.66. The zero-order valence-electron chi connectivity index (χ0n) is 14.8. The van der Waals surface area contributed by atoms with Crippen LogP contribution in [0, 0.1) is 5.92 Å². The number of nitrogens with zero attached hydrogens (tertiary/aromatic N) is 1. The Bertz CT molecular complexity index is 642. The van der Waals surface area contributed by atoms with Crippen LogP contribution in [-0.4, -0.2) is 43.2 Å². The highest BCUT2D eigenvalue weighted by Gasteiger charge is 2.31. The molecule has 1 atom stereocenters. The Morgan fingerprint density at radius 2 is 1.96 bits per heavy atom. The maximum atomic E-state index is 13.3. The van der Waals surface area contributed by atoms with Crippen LogP contribution in [0.2, 0.25) is 0 Å². The third kappa shape index (κ3) is 3.74. The maximum Gasteiger partial charge on any atom is 0.253 e. The van der Waals surface area contributed by atoms with Crippen LogP contribution in [0.3, 0.4) is 0 Å². The number of rotatable bonds is 4. The molecule has 1 saturated heterocycles. The first-order valence-electron chi connectivity index (χ1n) is 9.62. The molecule has 1 saturated carbocycles. The van der Waals surface area contributed by atoms with Crippen molar-refractivity contribution in [2.24, 2.45) is 5.92 Å². The lowest BCUT2D eigenvalue weighted by Crippen LogP contribution is -2.45. The first kappa shape index (κ1) is 16.6. The normalized spacial score (nSPS) is 23.5. The van der Waals surface area contributed by atoms with E-state index in [1.807, 2.05) is 30.3 Å². The molecule has 4 nitrogen and oxygen atoms in total. The van der Waals surface area contributed by atoms with Gasteiger partial charge in [-0.05, 0) is 31.4 Å². The maximum absolute atomic E-state index is 13.3. The summed E-state index contributed by atoms with van der Waals surface area (Å²) in [6.45, 7) is 2.81. The molecule has 1 amide bonds. The minimum Gasteiger partial charge on any atom is -0.488 e. The largest absolute Gasteiger partial charge is 0.488 e. The summed E-state index contributed by atoms with van der Waals surface area (Å²) in [5.74, 6) is 1.50. The van der Waals surface area contributed by atoms with E-state index in [0.29, 0.717) is 18.6 Å². The predicted molar refractivity (Wildman–Crippen MR) is 97.4 cm³/mol. The molecule has 0 unspecified atom stereocenters. The SMILES string of the molecule is O=C(C1=Cc2ccccc2OC1)N(C[C@H]1CCOC1)C1CCCCC1. The zero-order chi connectivity index (χ0) is 17.1. The second-order valence-corrected chi connectivity index (χ2v) is 7.48. The van der Waals surface area contributed by atoms with E-state index < -0.39 is 0 Å². The molecule has 4 rings (SSSR count). The van der Waals surface area contributed by atoms with E-state index in [0.717, 1.165) is 55.9 Å². The van der Waals surface area contributed by atoms with Crippen molar-refractivity contribution < 1.29 is 14.3 Å². The minimum absolute atomic E-state index is 0.160. The Labute approximate surface area is 149 Å². The average Bonchev–Trinajstić information content (AvgIpc) is 3.19. The van der Waals surface area contributed by atoms with Gasteiger partial charge in [-0.25, -0.2) is 0 Å². The molecule has 0 N–H and O–H groups in total. The van der Waals surface area contributed by atoms with Gasteiger partial charge in [0.15, 0.2) is 0 Å². The van der Waals surface area contributed by atoms with Crippen molar-refractivity contribution >= 4 is 12.0 Å². The Morgan fingerprint density at radius 3 is 2.76 bits per heavy atom. The van der Waals surface area contributed by atoms with Crippen LogP contribution in [0.1, 0.15) is 44.1 Å². The van der Waals surface area contributed by atoms with Gasteiger partial charge in [-0.1, -0.05) is 37.5 Å². The number of hydrogen-bond acceptors (Lipinski definition) is 3. The monoisotopic (exact) mass is 341 g/mol. The molecule has 2 aliphatic heterocycles. The quantitative estimate of drug-likeness (QED) is 0.839. The molecule has 0 radical (unpaired) electrons. The number of ether oxygens (including phenoxy) is 2. The molecule has 0 bridgehead atoms. The average molecular weight is 341 g/mol. The first-order valence-corrected chi connectivity index (χ1v) is 9.62. The molecule has 1 aliphatic carbocycles. The summed E-state index contributed by atoms with van der Waals surface area (Å²) in [4.78, 5) is 15.5. The van der Waals surface area contributed by atoms with E-state index in [-0.39, 0.29) is 5.91 Å². The molecule has 0 aromatic heterocycles. The van der Waals surface area contributed by atoms with E-state index in [1.54, 1.807) is 0 Å². The summed E-state index contributed by atoms with van der Waals surface area (Å²) >= 11 is 0. The molecule has 0 spiro atoms. The summed E-state index contributed by atoms with van der Waals surface area (Å²) in [6.07, 6.45) is 9.09. The van der Waals surface area contributed by atoms with E-state index in [4.69, 9.17) is 9.47 Å². The van der Waals surface area contributed by atoms with E-state index in [2.05, 4.69) is 4.90 Å². The van der Waals surface area contributed by atoms with E-state index >= 15 is 0 Å². The van der Waals surface area contributed by atoms with Gasteiger partial charge < -0.3 is 14.4 Å². The second kappa shape index (κ2) is 7.61. The van der Waals surface area contributed by atoms with Gasteiger partial charge in [0.2, 0.25) is 0 Å². The first-order chi connectivity index (χ1) is 12.3. The van der Waals surface area contributed by atoms with Gasteiger partial charge in [0.1, 0.15) is 12.4 Å². The van der Waals surface area contributed by atoms with E-state index in [1.165, 1.54) is 19.3 Å². The topological polar surface area (TPSA) is 38.8 Å². The van der Waals surface area contributed by atoms with Crippen molar-refractivity contribution in [3.05, 3.63) is 35.4 Å². The van der Waals surface area contributed by atoms with Gasteiger partial charge in [0.05, 0.1) is 12.2 Å². The van der Waals surface area contributed by atoms with Crippen molar-refractivity contribution in [3.8, 4) is 5.75 Å². The fourth-order valence-corrected chi connectivity index (χ4v) is 4.22. The molecule has 25 heavy (non-hydrogen) atoms. The molecule has 2 fully saturated rings. The lowest BCUT2D eigenvalue weighted by molar-refractivity contribution is -0.131. The third-order valence-corrected chi connectivity index (χ3v) is 5.66. The summed E-state index contributed by atoms with van der Waals surface area (Å²) in [5, 5.41) is 0. The number of amides is 1. The molecule has 3 aliphatic rings. The summed E-state index contributed by atoms with van der Waals surface area (Å²) in [5.41, 5.74) is 1.79. The van der Waals surface area contributed by atoms with Crippen molar-refractivity contribution in [1.82, 2.24) is 4.90 Å². The molecule has 4 heteroatoms. The van der Waals surface area contributed by atoms with Crippen molar-refractivity contribution in [2.75, 3.05) is 26.4 Å².